The maximum Gasteiger partial charge on any atom is 0.335 e. The van der Waals surface area contributed by atoms with Crippen LogP contribution < -0.4 is 4.90 Å². The number of benzene rings is 1. The summed E-state index contributed by atoms with van der Waals surface area (Å²) in [4.78, 5) is 37.5. The topological polar surface area (TPSA) is 74.7 Å². The highest BCUT2D eigenvalue weighted by molar-refractivity contribution is 6.22. The minimum Gasteiger partial charge on any atom is -0.478 e. The molecule has 1 N–H and O–H groups in total. The Morgan fingerprint density at radius 2 is 1.77 bits per heavy atom. The number of carbonyl (C=O) groups excluding carboxylic acids is 2. The van der Waals surface area contributed by atoms with Gasteiger partial charge in [0.25, 0.3) is 0 Å². The van der Waals surface area contributed by atoms with Crippen LogP contribution in [-0.2, 0) is 9.59 Å². The first-order chi connectivity index (χ1) is 10.5. The summed E-state index contributed by atoms with van der Waals surface area (Å²) >= 11 is 0. The molecule has 0 radical (unpaired) electrons. The van der Waals surface area contributed by atoms with Crippen LogP contribution in [0.25, 0.3) is 0 Å². The average molecular weight is 297 g/mol. The number of fused-ring (bicyclic) bond motifs is 5. The normalized spacial score (nSPS) is 32.4. The second-order valence-electron chi connectivity index (χ2n) is 6.33. The quantitative estimate of drug-likeness (QED) is 0.670. The summed E-state index contributed by atoms with van der Waals surface area (Å²) in [6, 6.07) is 5.90. The van der Waals surface area contributed by atoms with Gasteiger partial charge in [-0.3, -0.25) is 14.5 Å². The number of anilines is 1. The molecule has 5 nitrogen and oxygen atoms in total. The fraction of sp³-hybridized carbons (Fsp3) is 0.353. The molecule has 1 aromatic rings. The molecule has 0 aromatic heterocycles. The zero-order chi connectivity index (χ0) is 15.6. The van der Waals surface area contributed by atoms with Gasteiger partial charge in [0.05, 0.1) is 23.1 Å². The van der Waals surface area contributed by atoms with E-state index < -0.39 is 5.97 Å². The average Bonchev–Trinajstić information content (AvgIpc) is 3.11. The van der Waals surface area contributed by atoms with E-state index in [-0.39, 0.29) is 41.0 Å². The highest BCUT2D eigenvalue weighted by atomic mass is 16.4. The van der Waals surface area contributed by atoms with Crippen molar-refractivity contribution >= 4 is 23.5 Å². The van der Waals surface area contributed by atoms with Gasteiger partial charge in [-0.2, -0.15) is 0 Å². The summed E-state index contributed by atoms with van der Waals surface area (Å²) in [7, 11) is 0. The number of imide groups is 1. The lowest BCUT2D eigenvalue weighted by Crippen LogP contribution is -2.32. The molecule has 1 aromatic carbocycles. The largest absolute Gasteiger partial charge is 0.478 e. The van der Waals surface area contributed by atoms with Crippen molar-refractivity contribution in [3.63, 3.8) is 0 Å². The minimum absolute atomic E-state index is 0.139. The molecule has 2 amide bonds. The number of allylic oxidation sites excluding steroid dienone is 2. The van der Waals surface area contributed by atoms with E-state index in [9.17, 15) is 14.4 Å². The van der Waals surface area contributed by atoms with E-state index in [1.54, 1.807) is 0 Å². The van der Waals surface area contributed by atoms with Crippen molar-refractivity contribution in [3.05, 3.63) is 41.5 Å². The molecule has 5 heteroatoms. The van der Waals surface area contributed by atoms with Gasteiger partial charge in [0.2, 0.25) is 11.8 Å². The van der Waals surface area contributed by atoms with Gasteiger partial charge in [-0.15, -0.1) is 0 Å². The van der Waals surface area contributed by atoms with Gasteiger partial charge in [0, 0.05) is 0 Å². The number of hydrogen-bond acceptors (Lipinski definition) is 3. The monoisotopic (exact) mass is 297 g/mol. The van der Waals surface area contributed by atoms with Crippen molar-refractivity contribution in [2.24, 2.45) is 23.7 Å². The Bertz CT molecular complexity index is 734. The van der Waals surface area contributed by atoms with Crippen LogP contribution in [0.4, 0.5) is 5.69 Å². The zero-order valence-electron chi connectivity index (χ0n) is 12.0. The summed E-state index contributed by atoms with van der Waals surface area (Å²) in [6.07, 6.45) is 3.04. The van der Waals surface area contributed by atoms with Gasteiger partial charge < -0.3 is 5.11 Å². The van der Waals surface area contributed by atoms with Gasteiger partial charge in [0.1, 0.15) is 0 Å². The fourth-order valence-corrected chi connectivity index (χ4v) is 4.28. The molecule has 2 aliphatic carbocycles. The predicted octanol–water partition coefficient (Wildman–Crippen LogP) is 2.09. The first-order valence-electron chi connectivity index (χ1n) is 7.38. The smallest absolute Gasteiger partial charge is 0.335 e. The third kappa shape index (κ3) is 1.56. The van der Waals surface area contributed by atoms with Crippen LogP contribution >= 0.6 is 0 Å². The molecule has 0 spiro atoms. The van der Waals surface area contributed by atoms with Gasteiger partial charge >= 0.3 is 5.97 Å². The molecule has 22 heavy (non-hydrogen) atoms. The number of amides is 2. The van der Waals surface area contributed by atoms with Gasteiger partial charge in [-0.1, -0.05) is 11.6 Å². The van der Waals surface area contributed by atoms with Crippen LogP contribution in [0.3, 0.4) is 0 Å². The Morgan fingerprint density at radius 3 is 2.41 bits per heavy atom. The molecule has 4 rings (SSSR count). The van der Waals surface area contributed by atoms with Crippen LogP contribution in [0, 0.1) is 23.7 Å². The third-order valence-electron chi connectivity index (χ3n) is 5.25. The van der Waals surface area contributed by atoms with Crippen molar-refractivity contribution in [2.75, 3.05) is 4.90 Å². The van der Waals surface area contributed by atoms with Crippen LogP contribution in [0.5, 0.6) is 0 Å². The lowest BCUT2D eigenvalue weighted by molar-refractivity contribution is -0.123. The van der Waals surface area contributed by atoms with Crippen LogP contribution in [0.1, 0.15) is 23.7 Å². The summed E-state index contributed by atoms with van der Waals surface area (Å²) in [5.41, 5.74) is 1.82. The van der Waals surface area contributed by atoms with Crippen LogP contribution in [-0.4, -0.2) is 22.9 Å². The third-order valence-corrected chi connectivity index (χ3v) is 5.25. The zero-order valence-corrected chi connectivity index (χ0v) is 12.0. The van der Waals surface area contributed by atoms with Gasteiger partial charge in [-0.05, 0) is 49.4 Å². The highest BCUT2D eigenvalue weighted by Gasteiger charge is 2.60. The van der Waals surface area contributed by atoms with E-state index in [4.69, 9.17) is 5.11 Å². The highest BCUT2D eigenvalue weighted by Crippen LogP contribution is 2.55. The van der Waals surface area contributed by atoms with E-state index in [0.29, 0.717) is 5.69 Å². The summed E-state index contributed by atoms with van der Waals surface area (Å²) in [6.45, 7) is 2.03. The van der Waals surface area contributed by atoms with Gasteiger partial charge in [0.15, 0.2) is 0 Å². The van der Waals surface area contributed by atoms with Crippen molar-refractivity contribution in [1.29, 1.82) is 0 Å². The van der Waals surface area contributed by atoms with E-state index in [1.807, 2.05) is 6.92 Å². The Labute approximate surface area is 127 Å². The van der Waals surface area contributed by atoms with E-state index >= 15 is 0 Å². The lowest BCUT2D eigenvalue weighted by atomic mass is 9.82. The maximum atomic E-state index is 12.7. The molecule has 2 bridgehead atoms. The standard InChI is InChI=1S/C17H15NO4/c1-8-6-10-7-12(8)14-13(10)15(19)18(16(14)20)11-4-2-9(3-5-11)17(21)22/h2-6,10,12-14H,7H2,1H3,(H,21,22)/t10-,12+,13-,14-/m1/s1. The molecule has 0 unspecified atom stereocenters. The molecular weight excluding hydrogens is 282 g/mol. The summed E-state index contributed by atoms with van der Waals surface area (Å²) in [5, 5.41) is 8.93. The van der Waals surface area contributed by atoms with E-state index in [1.165, 1.54) is 34.7 Å². The van der Waals surface area contributed by atoms with Crippen molar-refractivity contribution in [2.45, 2.75) is 13.3 Å². The van der Waals surface area contributed by atoms with E-state index in [0.717, 1.165) is 6.42 Å². The number of carboxylic acids is 1. The lowest BCUT2D eigenvalue weighted by Gasteiger charge is -2.19. The molecule has 4 atom stereocenters. The summed E-state index contributed by atoms with van der Waals surface area (Å²) in [5.74, 6) is -1.42. The number of hydrogen-bond donors (Lipinski definition) is 1. The second-order valence-corrected chi connectivity index (χ2v) is 6.33. The Kier molecular flexibility index (Phi) is 2.58. The SMILES string of the molecule is CC1=C[C@@H]2C[C@@H]1[C@H]1C(=O)N(c3ccc(C(=O)O)cc3)C(=O)[C@@H]12. The Morgan fingerprint density at radius 1 is 1.14 bits per heavy atom. The van der Waals surface area contributed by atoms with E-state index in [2.05, 4.69) is 6.08 Å². The van der Waals surface area contributed by atoms with Crippen molar-refractivity contribution < 1.29 is 19.5 Å². The molecule has 2 fully saturated rings. The minimum atomic E-state index is -1.03. The molecule has 1 aliphatic heterocycles. The number of rotatable bonds is 2. The van der Waals surface area contributed by atoms with Crippen molar-refractivity contribution in [1.82, 2.24) is 0 Å². The molecule has 3 aliphatic rings. The number of aromatic carboxylic acids is 1. The van der Waals surface area contributed by atoms with Gasteiger partial charge in [-0.25, -0.2) is 4.79 Å². The number of nitrogens with zero attached hydrogens (tertiary/aromatic N) is 1. The fourth-order valence-electron chi connectivity index (χ4n) is 4.28. The first-order valence-corrected chi connectivity index (χ1v) is 7.38. The van der Waals surface area contributed by atoms with Crippen LogP contribution in [0.15, 0.2) is 35.9 Å². The molecule has 112 valence electrons. The van der Waals surface area contributed by atoms with Crippen LogP contribution in [0.2, 0.25) is 0 Å². The predicted molar refractivity (Wildman–Crippen MR) is 78.2 cm³/mol. The number of carboxylic acid groups (broad SMARTS) is 1. The Hall–Kier alpha value is -2.43. The Balaban J connectivity index is 1.69. The van der Waals surface area contributed by atoms with Crippen molar-refractivity contribution in [3.8, 4) is 0 Å². The maximum absolute atomic E-state index is 12.7. The molecular formula is C17H15NO4. The molecule has 1 heterocycles. The summed E-state index contributed by atoms with van der Waals surface area (Å²) < 4.78 is 0. The molecule has 1 saturated carbocycles. The molecule has 1 saturated heterocycles. The second kappa shape index (κ2) is 4.29. The first kappa shape index (κ1) is 13.2. The number of carbonyl (C=O) groups is 3.